The van der Waals surface area contributed by atoms with E-state index in [2.05, 4.69) is 17.6 Å². The highest BCUT2D eigenvalue weighted by Crippen LogP contribution is 2.21. The van der Waals surface area contributed by atoms with Crippen molar-refractivity contribution in [3.63, 3.8) is 0 Å². The van der Waals surface area contributed by atoms with Crippen LogP contribution >= 0.6 is 35.6 Å². The second-order valence-corrected chi connectivity index (χ2v) is 5.57. The molecule has 0 saturated carbocycles. The summed E-state index contributed by atoms with van der Waals surface area (Å²) in [6.45, 7) is 2.59. The van der Waals surface area contributed by atoms with Crippen LogP contribution in [0.3, 0.4) is 0 Å². The van der Waals surface area contributed by atoms with E-state index in [1.165, 1.54) is 0 Å². The van der Waals surface area contributed by atoms with Crippen LogP contribution in [0.5, 0.6) is 5.75 Å². The number of thiazole rings is 1. The van der Waals surface area contributed by atoms with E-state index < -0.39 is 0 Å². The number of aromatic nitrogens is 1. The lowest BCUT2D eigenvalue weighted by atomic mass is 10.2. The topological polar surface area (TPSA) is 22.1 Å². The van der Waals surface area contributed by atoms with Gasteiger partial charge in [-0.05, 0) is 30.7 Å². The molecule has 1 aromatic carbocycles. The smallest absolute Gasteiger partial charge is 0.119 e. The summed E-state index contributed by atoms with van der Waals surface area (Å²) < 4.78 is 5.68. The molecule has 0 N–H and O–H groups in total. The van der Waals surface area contributed by atoms with Gasteiger partial charge in [-0.2, -0.15) is 12.6 Å². The Morgan fingerprint density at radius 2 is 2.28 bits per heavy atom. The molecule has 0 aliphatic heterocycles. The SMILES string of the molecule is Cc1cc(OCCc2nc(CS)cs2)ccc1Cl. The number of aryl methyl sites for hydroxylation is 1. The molecule has 0 amide bonds. The fourth-order valence-electron chi connectivity index (χ4n) is 1.50. The van der Waals surface area contributed by atoms with E-state index in [0.717, 1.165) is 33.5 Å². The maximum Gasteiger partial charge on any atom is 0.119 e. The first-order chi connectivity index (χ1) is 8.69. The minimum absolute atomic E-state index is 0.626. The number of ether oxygens (including phenoxy) is 1. The summed E-state index contributed by atoms with van der Waals surface area (Å²) in [5.74, 6) is 1.54. The lowest BCUT2D eigenvalue weighted by Gasteiger charge is -2.06. The van der Waals surface area contributed by atoms with Crippen LogP contribution in [-0.2, 0) is 12.2 Å². The van der Waals surface area contributed by atoms with E-state index in [4.69, 9.17) is 16.3 Å². The van der Waals surface area contributed by atoms with Crippen molar-refractivity contribution in [1.82, 2.24) is 4.98 Å². The molecular weight excluding hydrogens is 286 g/mol. The van der Waals surface area contributed by atoms with Crippen LogP contribution in [0.15, 0.2) is 23.6 Å². The van der Waals surface area contributed by atoms with Gasteiger partial charge in [-0.3, -0.25) is 0 Å². The molecule has 2 rings (SSSR count). The molecule has 0 unspecified atom stereocenters. The first-order valence-corrected chi connectivity index (χ1v) is 7.51. The van der Waals surface area contributed by atoms with Crippen molar-refractivity contribution in [2.75, 3.05) is 6.61 Å². The minimum Gasteiger partial charge on any atom is -0.493 e. The Bertz CT molecular complexity index is 527. The summed E-state index contributed by atoms with van der Waals surface area (Å²) in [7, 11) is 0. The third-order valence-electron chi connectivity index (χ3n) is 2.48. The largest absolute Gasteiger partial charge is 0.493 e. The molecular formula is C13H14ClNOS2. The molecule has 0 radical (unpaired) electrons. The molecule has 0 spiro atoms. The Kier molecular flexibility index (Phi) is 4.92. The molecule has 0 aliphatic rings. The number of rotatable bonds is 5. The number of thiol groups is 1. The van der Waals surface area contributed by atoms with Crippen molar-refractivity contribution in [3.05, 3.63) is 44.9 Å². The summed E-state index contributed by atoms with van der Waals surface area (Å²) >= 11 is 11.8. The maximum atomic E-state index is 5.96. The molecule has 1 aromatic heterocycles. The fourth-order valence-corrected chi connectivity index (χ4v) is 2.68. The van der Waals surface area contributed by atoms with E-state index in [1.54, 1.807) is 11.3 Å². The quantitative estimate of drug-likeness (QED) is 0.838. The number of hydrogen-bond donors (Lipinski definition) is 1. The van der Waals surface area contributed by atoms with Gasteiger partial charge >= 0.3 is 0 Å². The number of nitrogens with zero attached hydrogens (tertiary/aromatic N) is 1. The van der Waals surface area contributed by atoms with Crippen LogP contribution in [-0.4, -0.2) is 11.6 Å². The van der Waals surface area contributed by atoms with Crippen LogP contribution in [0, 0.1) is 6.92 Å². The molecule has 96 valence electrons. The Morgan fingerprint density at radius 3 is 2.94 bits per heavy atom. The third-order valence-corrected chi connectivity index (χ3v) is 4.18. The molecule has 0 atom stereocenters. The predicted octanol–water partition coefficient (Wildman–Crippen LogP) is 4.16. The zero-order chi connectivity index (χ0) is 13.0. The van der Waals surface area contributed by atoms with Crippen LogP contribution in [0.25, 0.3) is 0 Å². The van der Waals surface area contributed by atoms with E-state index in [-0.39, 0.29) is 0 Å². The molecule has 0 bridgehead atoms. The molecule has 0 saturated heterocycles. The normalized spacial score (nSPS) is 10.6. The van der Waals surface area contributed by atoms with E-state index in [9.17, 15) is 0 Å². The molecule has 5 heteroatoms. The average Bonchev–Trinajstić information content (AvgIpc) is 2.82. The van der Waals surface area contributed by atoms with Crippen molar-refractivity contribution in [1.29, 1.82) is 0 Å². The maximum absolute atomic E-state index is 5.96. The van der Waals surface area contributed by atoms with Crippen LogP contribution in [0.1, 0.15) is 16.3 Å². The van der Waals surface area contributed by atoms with Crippen molar-refractivity contribution in [2.24, 2.45) is 0 Å². The van der Waals surface area contributed by atoms with Crippen molar-refractivity contribution >= 4 is 35.6 Å². The number of hydrogen-bond acceptors (Lipinski definition) is 4. The molecule has 0 aliphatic carbocycles. The number of benzene rings is 1. The Morgan fingerprint density at radius 1 is 1.44 bits per heavy atom. The van der Waals surface area contributed by atoms with Crippen LogP contribution < -0.4 is 4.74 Å². The zero-order valence-corrected chi connectivity index (χ0v) is 12.5. The molecule has 1 heterocycles. The first-order valence-electron chi connectivity index (χ1n) is 5.62. The highest BCUT2D eigenvalue weighted by atomic mass is 35.5. The molecule has 18 heavy (non-hydrogen) atoms. The third kappa shape index (κ3) is 3.64. The van der Waals surface area contributed by atoms with Gasteiger partial charge in [0.1, 0.15) is 5.75 Å². The predicted molar refractivity (Wildman–Crippen MR) is 80.2 cm³/mol. The van der Waals surface area contributed by atoms with Gasteiger partial charge in [-0.1, -0.05) is 11.6 Å². The van der Waals surface area contributed by atoms with Crippen molar-refractivity contribution in [2.45, 2.75) is 19.1 Å². The number of halogens is 1. The van der Waals surface area contributed by atoms with Gasteiger partial charge in [0.15, 0.2) is 0 Å². The Balaban J connectivity index is 1.86. The second-order valence-electron chi connectivity index (χ2n) is 3.90. The van der Waals surface area contributed by atoms with E-state index >= 15 is 0 Å². The van der Waals surface area contributed by atoms with Gasteiger partial charge < -0.3 is 4.74 Å². The Labute approximate surface area is 121 Å². The van der Waals surface area contributed by atoms with Gasteiger partial charge in [0.05, 0.1) is 17.3 Å². The molecule has 2 aromatic rings. The van der Waals surface area contributed by atoms with E-state index in [1.807, 2.05) is 30.5 Å². The summed E-state index contributed by atoms with van der Waals surface area (Å²) in [5.41, 5.74) is 2.06. The van der Waals surface area contributed by atoms with Crippen LogP contribution in [0.2, 0.25) is 5.02 Å². The van der Waals surface area contributed by atoms with Gasteiger partial charge in [0.2, 0.25) is 0 Å². The van der Waals surface area contributed by atoms with Gasteiger partial charge in [0, 0.05) is 22.6 Å². The molecule has 0 fully saturated rings. The van der Waals surface area contributed by atoms with Gasteiger partial charge in [0.25, 0.3) is 0 Å². The van der Waals surface area contributed by atoms with Gasteiger partial charge in [-0.15, -0.1) is 11.3 Å². The summed E-state index contributed by atoms with van der Waals surface area (Å²) in [4.78, 5) is 4.43. The fraction of sp³-hybridized carbons (Fsp3) is 0.308. The molecule has 2 nitrogen and oxygen atoms in total. The van der Waals surface area contributed by atoms with E-state index in [0.29, 0.717) is 12.4 Å². The highest BCUT2D eigenvalue weighted by molar-refractivity contribution is 7.79. The summed E-state index contributed by atoms with van der Waals surface area (Å²) in [5, 5.41) is 3.89. The summed E-state index contributed by atoms with van der Waals surface area (Å²) in [6, 6.07) is 5.69. The second kappa shape index (κ2) is 6.45. The lowest BCUT2D eigenvalue weighted by molar-refractivity contribution is 0.321. The summed E-state index contributed by atoms with van der Waals surface area (Å²) in [6.07, 6.45) is 0.820. The standard InChI is InChI=1S/C13H14ClNOS2/c1-9-6-11(2-3-12(9)14)16-5-4-13-15-10(7-17)8-18-13/h2-3,6,8,17H,4-5,7H2,1H3. The lowest BCUT2D eigenvalue weighted by Crippen LogP contribution is -2.01. The van der Waals surface area contributed by atoms with Crippen molar-refractivity contribution in [3.8, 4) is 5.75 Å². The van der Waals surface area contributed by atoms with Crippen LogP contribution in [0.4, 0.5) is 0 Å². The Hall–Kier alpha value is -0.710. The zero-order valence-electron chi connectivity index (χ0n) is 10.0. The average molecular weight is 300 g/mol. The van der Waals surface area contributed by atoms with Gasteiger partial charge in [-0.25, -0.2) is 4.98 Å². The monoisotopic (exact) mass is 299 g/mol. The van der Waals surface area contributed by atoms with Crippen molar-refractivity contribution < 1.29 is 4.74 Å². The first kappa shape index (κ1) is 13.7. The minimum atomic E-state index is 0.626. The highest BCUT2D eigenvalue weighted by Gasteiger charge is 2.02.